The molecule has 1 fully saturated rings. The molecule has 0 amide bonds. The lowest BCUT2D eigenvalue weighted by Gasteiger charge is -2.18. The minimum Gasteiger partial charge on any atom is -0.452 e. The van der Waals surface area contributed by atoms with Gasteiger partial charge >= 0.3 is 0 Å². The molecule has 2 unspecified atom stereocenters. The standard InChI is InChI=1S/C10H16N2O3S.ClH/c11-7-8-3-1-4-9(8)12-16(13,14)10-5-2-6-15-10;/h2,5-6,8-9,12H,1,3-4,7,11H2;1H. The molecular formula is C10H17ClN2O3S. The van der Waals surface area contributed by atoms with Crippen LogP contribution in [-0.4, -0.2) is 21.0 Å². The highest BCUT2D eigenvalue weighted by Gasteiger charge is 2.31. The van der Waals surface area contributed by atoms with E-state index in [1.54, 1.807) is 6.07 Å². The van der Waals surface area contributed by atoms with Gasteiger partial charge in [-0.05, 0) is 37.4 Å². The zero-order valence-corrected chi connectivity index (χ0v) is 11.0. The topological polar surface area (TPSA) is 85.3 Å². The van der Waals surface area contributed by atoms with Gasteiger partial charge in [-0.1, -0.05) is 6.42 Å². The van der Waals surface area contributed by atoms with Gasteiger partial charge in [0.25, 0.3) is 10.0 Å². The molecule has 1 saturated carbocycles. The summed E-state index contributed by atoms with van der Waals surface area (Å²) in [6.07, 6.45) is 4.21. The molecule has 0 aliphatic heterocycles. The van der Waals surface area contributed by atoms with E-state index >= 15 is 0 Å². The Balaban J connectivity index is 0.00000144. The number of nitrogens with two attached hydrogens (primary N) is 1. The van der Waals surface area contributed by atoms with Gasteiger partial charge in [0.2, 0.25) is 5.09 Å². The molecule has 1 aromatic heterocycles. The Kier molecular flexibility index (Phi) is 5.00. The number of hydrogen-bond donors (Lipinski definition) is 2. The van der Waals surface area contributed by atoms with Gasteiger partial charge in [-0.15, -0.1) is 12.4 Å². The van der Waals surface area contributed by atoms with Gasteiger partial charge in [0.05, 0.1) is 6.26 Å². The lowest BCUT2D eigenvalue weighted by atomic mass is 10.1. The van der Waals surface area contributed by atoms with Crippen LogP contribution in [0.4, 0.5) is 0 Å². The Labute approximate surface area is 107 Å². The normalized spacial score (nSPS) is 24.5. The quantitative estimate of drug-likeness (QED) is 0.865. The van der Waals surface area contributed by atoms with Crippen LogP contribution in [0.3, 0.4) is 0 Å². The van der Waals surface area contributed by atoms with Crippen molar-refractivity contribution in [2.24, 2.45) is 11.7 Å². The molecule has 1 aromatic rings. The summed E-state index contributed by atoms with van der Waals surface area (Å²) in [5.74, 6) is 0.240. The van der Waals surface area contributed by atoms with Crippen molar-refractivity contribution >= 4 is 22.4 Å². The molecule has 98 valence electrons. The molecule has 1 heterocycles. The minimum atomic E-state index is -3.52. The monoisotopic (exact) mass is 280 g/mol. The Bertz CT molecular complexity index is 432. The smallest absolute Gasteiger partial charge is 0.274 e. The summed E-state index contributed by atoms with van der Waals surface area (Å²) in [5.41, 5.74) is 5.60. The fourth-order valence-electron chi connectivity index (χ4n) is 2.15. The summed E-state index contributed by atoms with van der Waals surface area (Å²) in [6.45, 7) is 0.519. The Hall–Kier alpha value is -0.560. The van der Waals surface area contributed by atoms with E-state index in [0.717, 1.165) is 19.3 Å². The van der Waals surface area contributed by atoms with Crippen molar-refractivity contribution in [1.29, 1.82) is 0 Å². The molecule has 2 rings (SSSR count). The first kappa shape index (κ1) is 14.5. The van der Waals surface area contributed by atoms with Crippen LogP contribution < -0.4 is 10.5 Å². The van der Waals surface area contributed by atoms with Crippen LogP contribution in [0.1, 0.15) is 19.3 Å². The van der Waals surface area contributed by atoms with Crippen molar-refractivity contribution in [3.63, 3.8) is 0 Å². The average Bonchev–Trinajstić information content (AvgIpc) is 2.86. The largest absolute Gasteiger partial charge is 0.452 e. The molecule has 17 heavy (non-hydrogen) atoms. The second kappa shape index (κ2) is 5.86. The second-order valence-electron chi connectivity index (χ2n) is 4.09. The third-order valence-electron chi connectivity index (χ3n) is 3.03. The molecule has 3 N–H and O–H groups in total. The highest BCUT2D eigenvalue weighted by Crippen LogP contribution is 2.26. The first-order valence-electron chi connectivity index (χ1n) is 5.39. The van der Waals surface area contributed by atoms with Crippen molar-refractivity contribution < 1.29 is 12.8 Å². The van der Waals surface area contributed by atoms with Gasteiger partial charge in [-0.25, -0.2) is 13.1 Å². The SMILES string of the molecule is Cl.NCC1CCCC1NS(=O)(=O)c1ccco1. The van der Waals surface area contributed by atoms with Crippen molar-refractivity contribution in [3.8, 4) is 0 Å². The summed E-state index contributed by atoms with van der Waals surface area (Å²) in [6, 6.07) is 2.94. The molecule has 0 spiro atoms. The van der Waals surface area contributed by atoms with E-state index < -0.39 is 10.0 Å². The van der Waals surface area contributed by atoms with Gasteiger partial charge in [0, 0.05) is 6.04 Å². The number of sulfonamides is 1. The minimum absolute atomic E-state index is 0. The third kappa shape index (κ3) is 3.22. The maximum atomic E-state index is 11.9. The van der Waals surface area contributed by atoms with Crippen LogP contribution in [0, 0.1) is 5.92 Å². The third-order valence-corrected chi connectivity index (χ3v) is 4.40. The molecule has 0 aromatic carbocycles. The summed E-state index contributed by atoms with van der Waals surface area (Å²) in [7, 11) is -3.52. The van der Waals surface area contributed by atoms with Crippen molar-refractivity contribution in [2.45, 2.75) is 30.4 Å². The number of rotatable bonds is 4. The number of nitrogens with one attached hydrogen (secondary N) is 1. The summed E-state index contributed by atoms with van der Waals surface area (Å²) < 4.78 is 31.3. The highest BCUT2D eigenvalue weighted by atomic mass is 35.5. The van der Waals surface area contributed by atoms with Crippen LogP contribution in [0.25, 0.3) is 0 Å². The van der Waals surface area contributed by atoms with Crippen LogP contribution in [0.5, 0.6) is 0 Å². The lowest BCUT2D eigenvalue weighted by molar-refractivity contribution is 0.422. The second-order valence-corrected chi connectivity index (χ2v) is 5.73. The van der Waals surface area contributed by atoms with Crippen LogP contribution in [0.2, 0.25) is 0 Å². The van der Waals surface area contributed by atoms with E-state index in [4.69, 9.17) is 10.2 Å². The predicted molar refractivity (Wildman–Crippen MR) is 66.5 cm³/mol. The number of halogens is 1. The highest BCUT2D eigenvalue weighted by molar-refractivity contribution is 7.89. The van der Waals surface area contributed by atoms with E-state index in [1.807, 2.05) is 0 Å². The number of furan rings is 1. The van der Waals surface area contributed by atoms with Crippen LogP contribution in [-0.2, 0) is 10.0 Å². The maximum Gasteiger partial charge on any atom is 0.274 e. The zero-order valence-electron chi connectivity index (χ0n) is 9.33. The van der Waals surface area contributed by atoms with Gasteiger partial charge in [0.15, 0.2) is 0 Å². The molecule has 2 atom stereocenters. The Morgan fingerprint density at radius 2 is 2.24 bits per heavy atom. The van der Waals surface area contributed by atoms with E-state index in [-0.39, 0.29) is 29.5 Å². The number of hydrogen-bond acceptors (Lipinski definition) is 4. The molecule has 5 nitrogen and oxygen atoms in total. The summed E-state index contributed by atoms with van der Waals surface area (Å²) in [4.78, 5) is 0. The molecule has 7 heteroatoms. The van der Waals surface area contributed by atoms with Crippen molar-refractivity contribution in [3.05, 3.63) is 18.4 Å². The predicted octanol–water partition coefficient (Wildman–Crippen LogP) is 1.11. The Morgan fingerprint density at radius 3 is 2.82 bits per heavy atom. The maximum absolute atomic E-state index is 11.9. The first-order chi connectivity index (χ1) is 7.63. The fraction of sp³-hybridized carbons (Fsp3) is 0.600. The molecule has 1 aliphatic carbocycles. The van der Waals surface area contributed by atoms with E-state index in [0.29, 0.717) is 6.54 Å². The fourth-order valence-corrected chi connectivity index (χ4v) is 3.41. The van der Waals surface area contributed by atoms with E-state index in [9.17, 15) is 8.42 Å². The van der Waals surface area contributed by atoms with Gasteiger partial charge in [-0.2, -0.15) is 0 Å². The van der Waals surface area contributed by atoms with Crippen molar-refractivity contribution in [1.82, 2.24) is 4.72 Å². The Morgan fingerprint density at radius 1 is 1.47 bits per heavy atom. The zero-order chi connectivity index (χ0) is 11.6. The lowest BCUT2D eigenvalue weighted by Crippen LogP contribution is -2.39. The van der Waals surface area contributed by atoms with Crippen LogP contribution >= 0.6 is 12.4 Å². The van der Waals surface area contributed by atoms with Gasteiger partial charge < -0.3 is 10.2 Å². The molecule has 0 saturated heterocycles. The van der Waals surface area contributed by atoms with Gasteiger partial charge in [-0.3, -0.25) is 0 Å². The molecule has 0 bridgehead atoms. The summed E-state index contributed by atoms with van der Waals surface area (Å²) in [5, 5.41) is -0.0322. The van der Waals surface area contributed by atoms with E-state index in [2.05, 4.69) is 4.72 Å². The van der Waals surface area contributed by atoms with Crippen LogP contribution in [0.15, 0.2) is 27.9 Å². The average molecular weight is 281 g/mol. The molecule has 0 radical (unpaired) electrons. The summed E-state index contributed by atoms with van der Waals surface area (Å²) >= 11 is 0. The van der Waals surface area contributed by atoms with E-state index in [1.165, 1.54) is 12.3 Å². The van der Waals surface area contributed by atoms with Gasteiger partial charge in [0.1, 0.15) is 0 Å². The van der Waals surface area contributed by atoms with Crippen molar-refractivity contribution in [2.75, 3.05) is 6.54 Å². The first-order valence-corrected chi connectivity index (χ1v) is 6.87. The molecule has 1 aliphatic rings. The molecular weight excluding hydrogens is 264 g/mol.